The number of carbonyl (C=O) groups excluding carboxylic acids is 1. The summed E-state index contributed by atoms with van der Waals surface area (Å²) in [5, 5.41) is 11.5. The highest BCUT2D eigenvalue weighted by atomic mass is 19.1. The van der Waals surface area contributed by atoms with Gasteiger partial charge in [-0.05, 0) is 23.3 Å². The van der Waals surface area contributed by atoms with Gasteiger partial charge in [-0.2, -0.15) is 5.26 Å². The number of hydrogen-bond acceptors (Lipinski definition) is 3. The van der Waals surface area contributed by atoms with E-state index < -0.39 is 5.82 Å². The maximum atomic E-state index is 13.5. The fraction of sp³-hybridized carbons (Fsp3) is 0.125. The second-order valence-electron chi connectivity index (χ2n) is 4.47. The Morgan fingerprint density at radius 1 is 1.19 bits per heavy atom. The van der Waals surface area contributed by atoms with Crippen molar-refractivity contribution in [2.24, 2.45) is 5.73 Å². The Kier molecular flexibility index (Phi) is 4.64. The van der Waals surface area contributed by atoms with Gasteiger partial charge in [0.05, 0.1) is 12.1 Å². The molecule has 106 valence electrons. The van der Waals surface area contributed by atoms with Crippen molar-refractivity contribution in [2.45, 2.75) is 13.0 Å². The molecule has 0 aliphatic heterocycles. The van der Waals surface area contributed by atoms with Gasteiger partial charge < -0.3 is 11.1 Å². The molecule has 0 bridgehead atoms. The van der Waals surface area contributed by atoms with E-state index in [1.165, 1.54) is 18.2 Å². The maximum Gasteiger partial charge on any atom is 0.228 e. The largest absolute Gasteiger partial charge is 0.326 e. The predicted octanol–water partition coefficient (Wildman–Crippen LogP) is 2.34. The van der Waals surface area contributed by atoms with Crippen LogP contribution >= 0.6 is 0 Å². The highest BCUT2D eigenvalue weighted by Gasteiger charge is 2.12. The molecule has 2 aromatic carbocycles. The third-order valence-corrected chi connectivity index (χ3v) is 3.09. The Balaban J connectivity index is 2.16. The van der Waals surface area contributed by atoms with Gasteiger partial charge >= 0.3 is 0 Å². The lowest BCUT2D eigenvalue weighted by atomic mass is 10.0. The summed E-state index contributed by atoms with van der Waals surface area (Å²) in [5.41, 5.74) is 7.32. The molecular weight excluding hydrogens is 269 g/mol. The van der Waals surface area contributed by atoms with E-state index in [9.17, 15) is 9.18 Å². The quantitative estimate of drug-likeness (QED) is 0.904. The van der Waals surface area contributed by atoms with Crippen molar-refractivity contribution >= 4 is 11.6 Å². The van der Waals surface area contributed by atoms with Crippen LogP contribution in [0.1, 0.15) is 16.7 Å². The average molecular weight is 283 g/mol. The van der Waals surface area contributed by atoms with E-state index in [0.29, 0.717) is 6.54 Å². The van der Waals surface area contributed by atoms with E-state index in [4.69, 9.17) is 11.0 Å². The minimum atomic E-state index is -0.655. The monoisotopic (exact) mass is 283 g/mol. The molecule has 0 aliphatic carbocycles. The maximum absolute atomic E-state index is 13.5. The van der Waals surface area contributed by atoms with Crippen molar-refractivity contribution in [3.05, 3.63) is 65.0 Å². The molecule has 0 saturated heterocycles. The summed E-state index contributed by atoms with van der Waals surface area (Å²) in [4.78, 5) is 12.0. The predicted molar refractivity (Wildman–Crippen MR) is 77.8 cm³/mol. The van der Waals surface area contributed by atoms with Crippen molar-refractivity contribution in [2.75, 3.05) is 5.32 Å². The molecule has 3 N–H and O–H groups in total. The molecule has 0 fully saturated rings. The number of amides is 1. The van der Waals surface area contributed by atoms with E-state index in [1.54, 1.807) is 6.07 Å². The summed E-state index contributed by atoms with van der Waals surface area (Å²) in [6, 6.07) is 13.2. The Morgan fingerprint density at radius 2 is 1.90 bits per heavy atom. The summed E-state index contributed by atoms with van der Waals surface area (Å²) in [7, 11) is 0. The molecule has 0 radical (unpaired) electrons. The SMILES string of the molecule is N#Cc1c(F)cccc1NC(=O)Cc1ccccc1CN. The number of nitrogens with one attached hydrogen (secondary N) is 1. The lowest BCUT2D eigenvalue weighted by Crippen LogP contribution is -2.17. The van der Waals surface area contributed by atoms with Crippen LogP contribution in [0.2, 0.25) is 0 Å². The number of halogens is 1. The molecule has 5 heteroatoms. The minimum Gasteiger partial charge on any atom is -0.326 e. The molecule has 0 aliphatic rings. The van der Waals surface area contributed by atoms with E-state index >= 15 is 0 Å². The highest BCUT2D eigenvalue weighted by molar-refractivity contribution is 5.93. The number of nitriles is 1. The number of hydrogen-bond donors (Lipinski definition) is 2. The second-order valence-corrected chi connectivity index (χ2v) is 4.47. The molecule has 0 aromatic heterocycles. The number of benzene rings is 2. The Labute approximate surface area is 122 Å². The standard InChI is InChI=1S/C16H14FN3O/c17-14-6-3-7-15(13(14)10-19)20-16(21)8-11-4-1-2-5-12(11)9-18/h1-7H,8-9,18H2,(H,20,21). The van der Waals surface area contributed by atoms with Crippen LogP contribution in [0.5, 0.6) is 0 Å². The highest BCUT2D eigenvalue weighted by Crippen LogP contribution is 2.18. The fourth-order valence-electron chi connectivity index (χ4n) is 2.04. The molecular formula is C16H14FN3O. The first-order valence-corrected chi connectivity index (χ1v) is 6.41. The Hall–Kier alpha value is -2.71. The van der Waals surface area contributed by atoms with Crippen LogP contribution in [-0.4, -0.2) is 5.91 Å². The summed E-state index contributed by atoms with van der Waals surface area (Å²) in [5.74, 6) is -0.976. The van der Waals surface area contributed by atoms with E-state index in [0.717, 1.165) is 11.1 Å². The van der Waals surface area contributed by atoms with Crippen LogP contribution in [0.4, 0.5) is 10.1 Å². The van der Waals surface area contributed by atoms with Crippen LogP contribution in [-0.2, 0) is 17.8 Å². The van der Waals surface area contributed by atoms with Crippen molar-refractivity contribution < 1.29 is 9.18 Å². The number of rotatable bonds is 4. The number of nitrogens with two attached hydrogens (primary N) is 1. The summed E-state index contributed by atoms with van der Waals surface area (Å²) < 4.78 is 13.5. The van der Waals surface area contributed by atoms with Crippen LogP contribution in [0, 0.1) is 17.1 Å². The fourth-order valence-corrected chi connectivity index (χ4v) is 2.04. The van der Waals surface area contributed by atoms with Crippen LogP contribution < -0.4 is 11.1 Å². The van der Waals surface area contributed by atoms with Gasteiger partial charge in [0.2, 0.25) is 5.91 Å². The number of nitrogens with zero attached hydrogens (tertiary/aromatic N) is 1. The van der Waals surface area contributed by atoms with Crippen LogP contribution in [0.25, 0.3) is 0 Å². The first kappa shape index (κ1) is 14.7. The van der Waals surface area contributed by atoms with Crippen molar-refractivity contribution in [3.8, 4) is 6.07 Å². The average Bonchev–Trinajstić information content (AvgIpc) is 2.48. The molecule has 0 atom stereocenters. The topological polar surface area (TPSA) is 78.9 Å². The number of anilines is 1. The van der Waals surface area contributed by atoms with Gasteiger partial charge in [-0.3, -0.25) is 4.79 Å². The van der Waals surface area contributed by atoms with Gasteiger partial charge in [-0.15, -0.1) is 0 Å². The Bertz CT molecular complexity index is 707. The Morgan fingerprint density at radius 3 is 2.57 bits per heavy atom. The van der Waals surface area contributed by atoms with Crippen molar-refractivity contribution in [1.29, 1.82) is 5.26 Å². The van der Waals surface area contributed by atoms with E-state index in [1.807, 2.05) is 24.3 Å². The lowest BCUT2D eigenvalue weighted by molar-refractivity contribution is -0.115. The van der Waals surface area contributed by atoms with Gasteiger partial charge in [0.15, 0.2) is 0 Å². The zero-order valence-corrected chi connectivity index (χ0v) is 11.3. The molecule has 2 rings (SSSR count). The van der Waals surface area contributed by atoms with E-state index in [-0.39, 0.29) is 23.6 Å². The van der Waals surface area contributed by atoms with Gasteiger partial charge in [-0.1, -0.05) is 30.3 Å². The third kappa shape index (κ3) is 3.44. The van der Waals surface area contributed by atoms with Gasteiger partial charge in [0, 0.05) is 6.54 Å². The third-order valence-electron chi connectivity index (χ3n) is 3.09. The first-order valence-electron chi connectivity index (χ1n) is 6.41. The molecule has 0 heterocycles. The minimum absolute atomic E-state index is 0.120. The molecule has 0 spiro atoms. The molecule has 1 amide bonds. The van der Waals surface area contributed by atoms with Crippen LogP contribution in [0.3, 0.4) is 0 Å². The van der Waals surface area contributed by atoms with Gasteiger partial charge in [0.1, 0.15) is 17.4 Å². The second kappa shape index (κ2) is 6.64. The van der Waals surface area contributed by atoms with Crippen molar-refractivity contribution in [3.63, 3.8) is 0 Å². The zero-order valence-electron chi connectivity index (χ0n) is 11.3. The molecule has 0 unspecified atom stereocenters. The van der Waals surface area contributed by atoms with E-state index in [2.05, 4.69) is 5.32 Å². The zero-order chi connectivity index (χ0) is 15.2. The normalized spacial score (nSPS) is 9.95. The summed E-state index contributed by atoms with van der Waals surface area (Å²) in [6.07, 6.45) is 0.120. The smallest absolute Gasteiger partial charge is 0.228 e. The van der Waals surface area contributed by atoms with Crippen LogP contribution in [0.15, 0.2) is 42.5 Å². The lowest BCUT2D eigenvalue weighted by Gasteiger charge is -2.10. The molecule has 21 heavy (non-hydrogen) atoms. The molecule has 2 aromatic rings. The molecule has 4 nitrogen and oxygen atoms in total. The number of carbonyl (C=O) groups is 1. The summed E-state index contributed by atoms with van der Waals surface area (Å²) >= 11 is 0. The summed E-state index contributed by atoms with van der Waals surface area (Å²) in [6.45, 7) is 0.340. The van der Waals surface area contributed by atoms with Gasteiger partial charge in [-0.25, -0.2) is 4.39 Å². The van der Waals surface area contributed by atoms with Crippen molar-refractivity contribution in [1.82, 2.24) is 0 Å². The first-order chi connectivity index (χ1) is 10.2. The van der Waals surface area contributed by atoms with Gasteiger partial charge in [0.25, 0.3) is 0 Å². The molecule has 0 saturated carbocycles.